The second kappa shape index (κ2) is 11.4. The van der Waals surface area contributed by atoms with Gasteiger partial charge < -0.3 is 20.3 Å². The van der Waals surface area contributed by atoms with Crippen LogP contribution in [0.5, 0.6) is 0 Å². The lowest BCUT2D eigenvalue weighted by Crippen LogP contribution is -2.53. The summed E-state index contributed by atoms with van der Waals surface area (Å²) in [6.07, 6.45) is -0.676. The molecule has 0 spiro atoms. The number of carbonyl (C=O) groups excluding carboxylic acids is 3. The molecule has 0 aliphatic carbocycles. The molecule has 0 aliphatic rings. The molecule has 2 unspecified atom stereocenters. The fourth-order valence-corrected chi connectivity index (χ4v) is 3.93. The number of likely N-dealkylation sites (N-methyl/N-ethyl adjacent to an activating group) is 1. The van der Waals surface area contributed by atoms with Crippen LogP contribution in [0.3, 0.4) is 0 Å². The summed E-state index contributed by atoms with van der Waals surface area (Å²) < 4.78 is 5.36. The first kappa shape index (κ1) is 27.9. The Balaban J connectivity index is 2.43. The third-order valence-electron chi connectivity index (χ3n) is 5.55. The van der Waals surface area contributed by atoms with Crippen LogP contribution in [-0.2, 0) is 14.3 Å². The van der Waals surface area contributed by atoms with Gasteiger partial charge in [0.2, 0.25) is 5.91 Å². The molecule has 35 heavy (non-hydrogen) atoms. The highest BCUT2D eigenvalue weighted by atomic mass is 16.6. The summed E-state index contributed by atoms with van der Waals surface area (Å²) in [6, 6.07) is 11.6. The number of benzene rings is 2. The Labute approximate surface area is 209 Å². The van der Waals surface area contributed by atoms with Crippen LogP contribution in [0, 0.1) is 26.7 Å². The van der Waals surface area contributed by atoms with Gasteiger partial charge in [-0.3, -0.25) is 9.59 Å². The second-order valence-corrected chi connectivity index (χ2v) is 10.4. The predicted molar refractivity (Wildman–Crippen MR) is 139 cm³/mol. The molecule has 0 fully saturated rings. The van der Waals surface area contributed by atoms with E-state index >= 15 is 0 Å². The number of alkyl carbamates (subject to hydrolysis) is 1. The summed E-state index contributed by atoms with van der Waals surface area (Å²) in [4.78, 5) is 41.2. The van der Waals surface area contributed by atoms with Crippen molar-refractivity contribution < 1.29 is 19.1 Å². The molecule has 190 valence electrons. The molecule has 2 aromatic rings. The van der Waals surface area contributed by atoms with Crippen molar-refractivity contribution in [1.82, 2.24) is 10.2 Å². The summed E-state index contributed by atoms with van der Waals surface area (Å²) >= 11 is 0. The summed E-state index contributed by atoms with van der Waals surface area (Å²) in [5.74, 6) is -0.938. The monoisotopic (exact) mass is 481 g/mol. The fourth-order valence-electron chi connectivity index (χ4n) is 3.93. The van der Waals surface area contributed by atoms with Crippen molar-refractivity contribution in [3.63, 3.8) is 0 Å². The van der Waals surface area contributed by atoms with Crippen molar-refractivity contribution in [3.8, 4) is 0 Å². The standard InChI is InChI=1S/C28H39N3O4/c1-17(2)23(30-27(34)35-28(6,7)8)26(33)31(9)24(21-15-18(3)14-19(4)16-21)25(32)29-22-13-11-10-12-20(22)5/h10-17,23-24H,1-9H3,(H,29,32)(H,30,34). The Morgan fingerprint density at radius 1 is 0.943 bits per heavy atom. The fraction of sp³-hybridized carbons (Fsp3) is 0.464. The van der Waals surface area contributed by atoms with E-state index in [4.69, 9.17) is 4.74 Å². The first-order valence-corrected chi connectivity index (χ1v) is 11.9. The van der Waals surface area contributed by atoms with E-state index in [-0.39, 0.29) is 17.7 Å². The lowest BCUT2D eigenvalue weighted by molar-refractivity contribution is -0.140. The topological polar surface area (TPSA) is 87.7 Å². The Hall–Kier alpha value is -3.35. The molecule has 2 atom stereocenters. The zero-order valence-corrected chi connectivity index (χ0v) is 22.4. The maximum atomic E-state index is 13.7. The van der Waals surface area contributed by atoms with Gasteiger partial charge >= 0.3 is 6.09 Å². The quantitative estimate of drug-likeness (QED) is 0.562. The first-order chi connectivity index (χ1) is 16.2. The minimum atomic E-state index is -0.901. The smallest absolute Gasteiger partial charge is 0.408 e. The van der Waals surface area contributed by atoms with Gasteiger partial charge in [0.05, 0.1) is 0 Å². The number of aryl methyl sites for hydroxylation is 3. The number of nitrogens with one attached hydrogen (secondary N) is 2. The molecule has 0 bridgehead atoms. The van der Waals surface area contributed by atoms with Gasteiger partial charge in [0.25, 0.3) is 5.91 Å². The van der Waals surface area contributed by atoms with Crippen molar-refractivity contribution in [1.29, 1.82) is 0 Å². The third-order valence-corrected chi connectivity index (χ3v) is 5.55. The second-order valence-electron chi connectivity index (χ2n) is 10.4. The number of rotatable bonds is 7. The number of anilines is 1. The normalized spacial score (nSPS) is 13.1. The van der Waals surface area contributed by atoms with E-state index in [0.29, 0.717) is 11.3 Å². The molecule has 2 rings (SSSR count). The van der Waals surface area contributed by atoms with Crippen LogP contribution in [0.4, 0.5) is 10.5 Å². The molecule has 0 radical (unpaired) electrons. The van der Waals surface area contributed by atoms with Crippen LogP contribution in [0.25, 0.3) is 0 Å². The number of hydrogen-bond acceptors (Lipinski definition) is 4. The van der Waals surface area contributed by atoms with E-state index in [1.807, 2.05) is 77.1 Å². The molecule has 0 aliphatic heterocycles. The highest BCUT2D eigenvalue weighted by molar-refractivity contribution is 5.99. The Morgan fingerprint density at radius 3 is 2.03 bits per heavy atom. The zero-order valence-electron chi connectivity index (χ0n) is 22.4. The Bertz CT molecular complexity index is 1050. The molecule has 2 aromatic carbocycles. The highest BCUT2D eigenvalue weighted by Gasteiger charge is 2.35. The number of carbonyl (C=O) groups is 3. The average molecular weight is 482 g/mol. The van der Waals surface area contributed by atoms with Crippen LogP contribution < -0.4 is 10.6 Å². The average Bonchev–Trinajstić information content (AvgIpc) is 2.71. The summed E-state index contributed by atoms with van der Waals surface area (Å²) in [6.45, 7) is 14.8. The van der Waals surface area contributed by atoms with Crippen molar-refractivity contribution in [2.45, 2.75) is 73.1 Å². The van der Waals surface area contributed by atoms with Gasteiger partial charge in [0, 0.05) is 12.7 Å². The largest absolute Gasteiger partial charge is 0.444 e. The lowest BCUT2D eigenvalue weighted by atomic mass is 9.97. The molecule has 0 heterocycles. The maximum absolute atomic E-state index is 13.7. The van der Waals surface area contributed by atoms with Crippen molar-refractivity contribution >= 4 is 23.6 Å². The molecule has 0 saturated carbocycles. The molecular weight excluding hydrogens is 442 g/mol. The van der Waals surface area contributed by atoms with Crippen LogP contribution in [-0.4, -0.2) is 41.5 Å². The van der Waals surface area contributed by atoms with Crippen LogP contribution in [0.1, 0.15) is 62.9 Å². The molecule has 3 amide bonds. The van der Waals surface area contributed by atoms with Gasteiger partial charge in [-0.15, -0.1) is 0 Å². The van der Waals surface area contributed by atoms with Crippen molar-refractivity contribution in [3.05, 3.63) is 64.7 Å². The summed E-state index contributed by atoms with van der Waals surface area (Å²) in [5, 5.41) is 5.68. The predicted octanol–water partition coefficient (Wildman–Crippen LogP) is 5.30. The SMILES string of the molecule is Cc1cc(C)cc(C(C(=O)Nc2ccccc2C)N(C)C(=O)C(NC(=O)OC(C)(C)C)C(C)C)c1. The number of para-hydroxylation sites is 1. The number of nitrogens with zero attached hydrogens (tertiary/aromatic N) is 1. The molecule has 0 aromatic heterocycles. The van der Waals surface area contributed by atoms with Crippen molar-refractivity contribution in [2.75, 3.05) is 12.4 Å². The lowest BCUT2D eigenvalue weighted by Gasteiger charge is -2.33. The molecule has 7 nitrogen and oxygen atoms in total. The van der Waals surface area contributed by atoms with Gasteiger partial charge in [-0.05, 0) is 64.7 Å². The molecule has 7 heteroatoms. The number of amides is 3. The third kappa shape index (κ3) is 7.84. The Morgan fingerprint density at radius 2 is 1.51 bits per heavy atom. The minimum absolute atomic E-state index is 0.225. The van der Waals surface area contributed by atoms with Crippen LogP contribution >= 0.6 is 0 Å². The summed E-state index contributed by atoms with van der Waals surface area (Å²) in [7, 11) is 1.59. The van der Waals surface area contributed by atoms with E-state index in [0.717, 1.165) is 16.7 Å². The Kier molecular flexibility index (Phi) is 9.07. The zero-order chi connectivity index (χ0) is 26.5. The summed E-state index contributed by atoms with van der Waals surface area (Å²) in [5.41, 5.74) is 3.57. The van der Waals surface area contributed by atoms with Crippen LogP contribution in [0.15, 0.2) is 42.5 Å². The van der Waals surface area contributed by atoms with E-state index < -0.39 is 23.8 Å². The number of hydrogen-bond donors (Lipinski definition) is 2. The first-order valence-electron chi connectivity index (χ1n) is 11.9. The maximum Gasteiger partial charge on any atom is 0.408 e. The van der Waals surface area contributed by atoms with E-state index in [9.17, 15) is 14.4 Å². The van der Waals surface area contributed by atoms with E-state index in [2.05, 4.69) is 10.6 Å². The van der Waals surface area contributed by atoms with Gasteiger partial charge in [-0.1, -0.05) is 61.4 Å². The van der Waals surface area contributed by atoms with E-state index in [1.54, 1.807) is 27.8 Å². The highest BCUT2D eigenvalue weighted by Crippen LogP contribution is 2.26. The van der Waals surface area contributed by atoms with Crippen molar-refractivity contribution in [2.24, 2.45) is 5.92 Å². The van der Waals surface area contributed by atoms with Gasteiger partial charge in [0.1, 0.15) is 17.7 Å². The van der Waals surface area contributed by atoms with E-state index in [1.165, 1.54) is 4.90 Å². The van der Waals surface area contributed by atoms with Crippen LogP contribution in [0.2, 0.25) is 0 Å². The number of ether oxygens (including phenoxy) is 1. The minimum Gasteiger partial charge on any atom is -0.444 e. The van der Waals surface area contributed by atoms with Gasteiger partial charge in [-0.25, -0.2) is 4.79 Å². The molecule has 2 N–H and O–H groups in total. The molecular formula is C28H39N3O4. The van der Waals surface area contributed by atoms with Gasteiger partial charge in [0.15, 0.2) is 0 Å². The molecule has 0 saturated heterocycles. The van der Waals surface area contributed by atoms with Gasteiger partial charge in [-0.2, -0.15) is 0 Å².